The van der Waals surface area contributed by atoms with Crippen LogP contribution in [0.1, 0.15) is 114 Å². The zero-order valence-electron chi connectivity index (χ0n) is 21.7. The first-order chi connectivity index (χ1) is 15.4. The molecule has 2 unspecified atom stereocenters. The van der Waals surface area contributed by atoms with Gasteiger partial charge in [0, 0.05) is 29.2 Å². The average molecular weight is 454 g/mol. The summed E-state index contributed by atoms with van der Waals surface area (Å²) in [5.74, 6) is 3.65. The van der Waals surface area contributed by atoms with Gasteiger partial charge in [-0.15, -0.1) is 0 Å². The fourth-order valence-electron chi connectivity index (χ4n) is 5.60. The molecule has 2 heteroatoms. The van der Waals surface area contributed by atoms with Crippen molar-refractivity contribution in [3.05, 3.63) is 57.3 Å². The lowest BCUT2D eigenvalue weighted by molar-refractivity contribution is 0.386. The highest BCUT2D eigenvalue weighted by Gasteiger charge is 2.22. The van der Waals surface area contributed by atoms with E-state index in [0.29, 0.717) is 17.9 Å². The van der Waals surface area contributed by atoms with Crippen LogP contribution in [0.5, 0.6) is 0 Å². The highest BCUT2D eigenvalue weighted by molar-refractivity contribution is 7.98. The van der Waals surface area contributed by atoms with Crippen molar-refractivity contribution < 1.29 is 0 Å². The van der Waals surface area contributed by atoms with Gasteiger partial charge in [-0.3, -0.25) is 0 Å². The van der Waals surface area contributed by atoms with Gasteiger partial charge in [-0.25, -0.2) is 0 Å². The Morgan fingerprint density at radius 2 is 1.84 bits per heavy atom. The second-order valence-corrected chi connectivity index (χ2v) is 11.7. The predicted octanol–water partition coefficient (Wildman–Crippen LogP) is 8.86. The average Bonchev–Trinajstić information content (AvgIpc) is 2.74. The van der Waals surface area contributed by atoms with Crippen LogP contribution in [0.25, 0.3) is 0 Å². The standard InChI is InChI=1S/C30H47NS/c1-7-8-9-12-25-17-23(5)30(26-13-10-11-22(4)16-26)28(18-25)20-32-19-27-14-15-29(21(2)3)31-24(27)6/h16-18,21,26,29,31H,7-15,19-20H2,1-6H3. The lowest BCUT2D eigenvalue weighted by Gasteiger charge is -2.31. The van der Waals surface area contributed by atoms with Crippen molar-refractivity contribution in [3.63, 3.8) is 0 Å². The topological polar surface area (TPSA) is 12.0 Å². The van der Waals surface area contributed by atoms with Crippen molar-refractivity contribution in [3.8, 4) is 0 Å². The summed E-state index contributed by atoms with van der Waals surface area (Å²) in [7, 11) is 0. The molecule has 0 saturated carbocycles. The first-order valence-electron chi connectivity index (χ1n) is 13.2. The molecule has 2 atom stereocenters. The summed E-state index contributed by atoms with van der Waals surface area (Å²) in [6.45, 7) is 14.0. The van der Waals surface area contributed by atoms with Crippen molar-refractivity contribution in [1.82, 2.24) is 5.32 Å². The molecule has 1 aromatic carbocycles. The Balaban J connectivity index is 1.75. The van der Waals surface area contributed by atoms with E-state index >= 15 is 0 Å². The molecule has 3 rings (SSSR count). The molecule has 1 N–H and O–H groups in total. The number of hydrogen-bond donors (Lipinski definition) is 1. The molecule has 32 heavy (non-hydrogen) atoms. The van der Waals surface area contributed by atoms with Crippen LogP contribution in [0.4, 0.5) is 0 Å². The maximum atomic E-state index is 3.79. The van der Waals surface area contributed by atoms with E-state index in [9.17, 15) is 0 Å². The van der Waals surface area contributed by atoms with Gasteiger partial charge in [-0.05, 0) is 99.5 Å². The molecule has 1 heterocycles. The summed E-state index contributed by atoms with van der Waals surface area (Å²) in [6, 6.07) is 5.72. The highest BCUT2D eigenvalue weighted by atomic mass is 32.2. The van der Waals surface area contributed by atoms with Crippen LogP contribution in [-0.2, 0) is 12.2 Å². The number of allylic oxidation sites excluding steroid dienone is 3. The molecule has 1 nitrogen and oxygen atoms in total. The molecule has 0 radical (unpaired) electrons. The molecule has 0 spiro atoms. The number of rotatable bonds is 10. The van der Waals surface area contributed by atoms with Crippen molar-refractivity contribution >= 4 is 11.8 Å². The van der Waals surface area contributed by atoms with Gasteiger partial charge in [-0.2, -0.15) is 11.8 Å². The molecule has 0 saturated heterocycles. The number of nitrogens with one attached hydrogen (secondary N) is 1. The summed E-state index contributed by atoms with van der Waals surface area (Å²) >= 11 is 2.13. The Morgan fingerprint density at radius 1 is 1.03 bits per heavy atom. The third kappa shape index (κ3) is 6.92. The molecule has 0 fully saturated rings. The monoisotopic (exact) mass is 453 g/mol. The van der Waals surface area contributed by atoms with E-state index in [2.05, 4.69) is 76.8 Å². The van der Waals surface area contributed by atoms with Gasteiger partial charge in [0.2, 0.25) is 0 Å². The van der Waals surface area contributed by atoms with Gasteiger partial charge in [0.1, 0.15) is 0 Å². The van der Waals surface area contributed by atoms with Crippen LogP contribution in [0.2, 0.25) is 0 Å². The summed E-state index contributed by atoms with van der Waals surface area (Å²) in [6.07, 6.45) is 14.3. The Hall–Kier alpha value is -1.15. The number of benzene rings is 1. The Kier molecular flexibility index (Phi) is 9.83. The summed E-state index contributed by atoms with van der Waals surface area (Å²) in [5, 5.41) is 3.79. The lowest BCUT2D eigenvalue weighted by Crippen LogP contribution is -2.36. The van der Waals surface area contributed by atoms with Crippen molar-refractivity contribution in [1.29, 1.82) is 0 Å². The number of hydrogen-bond acceptors (Lipinski definition) is 2. The van der Waals surface area contributed by atoms with Crippen molar-refractivity contribution in [2.75, 3.05) is 5.75 Å². The van der Waals surface area contributed by atoms with E-state index in [-0.39, 0.29) is 0 Å². The normalized spacial score (nSPS) is 21.7. The minimum Gasteiger partial charge on any atom is -0.386 e. The van der Waals surface area contributed by atoms with Gasteiger partial charge >= 0.3 is 0 Å². The van der Waals surface area contributed by atoms with Crippen LogP contribution in [0.3, 0.4) is 0 Å². The van der Waals surface area contributed by atoms with Crippen LogP contribution >= 0.6 is 11.8 Å². The van der Waals surface area contributed by atoms with Crippen LogP contribution in [-0.4, -0.2) is 11.8 Å². The molecule has 1 aromatic rings. The second-order valence-electron chi connectivity index (χ2n) is 10.7. The van der Waals surface area contributed by atoms with E-state index in [1.165, 1.54) is 74.8 Å². The minimum atomic E-state index is 0.619. The number of thioether (sulfide) groups is 1. The van der Waals surface area contributed by atoms with Gasteiger partial charge in [0.05, 0.1) is 0 Å². The van der Waals surface area contributed by atoms with E-state index in [1.54, 1.807) is 27.8 Å². The molecule has 1 aliphatic heterocycles. The second kappa shape index (κ2) is 12.4. The molecular formula is C30H47NS. The highest BCUT2D eigenvalue weighted by Crippen LogP contribution is 2.37. The fraction of sp³-hybridized carbons (Fsp3) is 0.667. The number of unbranched alkanes of at least 4 members (excludes halogenated alkanes) is 2. The third-order valence-electron chi connectivity index (χ3n) is 7.57. The largest absolute Gasteiger partial charge is 0.386 e. The van der Waals surface area contributed by atoms with Gasteiger partial charge < -0.3 is 5.32 Å². The van der Waals surface area contributed by atoms with E-state index < -0.39 is 0 Å². The summed E-state index contributed by atoms with van der Waals surface area (Å²) < 4.78 is 0. The van der Waals surface area contributed by atoms with E-state index in [1.807, 2.05) is 0 Å². The predicted molar refractivity (Wildman–Crippen MR) is 145 cm³/mol. The maximum Gasteiger partial charge on any atom is 0.0284 e. The fourth-order valence-corrected chi connectivity index (χ4v) is 6.77. The van der Waals surface area contributed by atoms with E-state index in [4.69, 9.17) is 0 Å². The summed E-state index contributed by atoms with van der Waals surface area (Å²) in [4.78, 5) is 0. The number of aryl methyl sites for hydroxylation is 2. The first kappa shape index (κ1) is 25.5. The quantitative estimate of drug-likeness (QED) is 0.280. The molecule has 0 aromatic heterocycles. The van der Waals surface area contributed by atoms with Crippen LogP contribution in [0, 0.1) is 12.8 Å². The zero-order valence-corrected chi connectivity index (χ0v) is 22.5. The molecular weight excluding hydrogens is 406 g/mol. The molecule has 1 aliphatic carbocycles. The molecule has 2 aliphatic rings. The maximum absolute atomic E-state index is 3.79. The van der Waals surface area contributed by atoms with Gasteiger partial charge in [-0.1, -0.05) is 57.4 Å². The summed E-state index contributed by atoms with van der Waals surface area (Å²) in [5.41, 5.74) is 11.0. The van der Waals surface area contributed by atoms with Crippen LogP contribution < -0.4 is 5.32 Å². The Labute approximate surface area is 202 Å². The Morgan fingerprint density at radius 3 is 2.53 bits per heavy atom. The van der Waals surface area contributed by atoms with Crippen LogP contribution in [0.15, 0.2) is 35.1 Å². The molecule has 178 valence electrons. The third-order valence-corrected chi connectivity index (χ3v) is 8.64. The smallest absolute Gasteiger partial charge is 0.0284 e. The van der Waals surface area contributed by atoms with E-state index in [0.717, 1.165) is 5.75 Å². The van der Waals surface area contributed by atoms with Gasteiger partial charge in [0.15, 0.2) is 0 Å². The molecule has 0 bridgehead atoms. The minimum absolute atomic E-state index is 0.619. The first-order valence-corrected chi connectivity index (χ1v) is 14.4. The van der Waals surface area contributed by atoms with Crippen molar-refractivity contribution in [2.24, 2.45) is 5.92 Å². The Bertz CT molecular complexity index is 816. The van der Waals surface area contributed by atoms with Crippen molar-refractivity contribution in [2.45, 2.75) is 117 Å². The lowest BCUT2D eigenvalue weighted by atomic mass is 9.81. The zero-order chi connectivity index (χ0) is 23.1. The SMILES string of the molecule is CCCCCc1cc(C)c(C2C=C(C)CCC2)c(CSCC2=C(C)NC(C(C)C)CC2)c1. The van der Waals surface area contributed by atoms with Gasteiger partial charge in [0.25, 0.3) is 0 Å². The molecule has 0 amide bonds.